The molecule has 9 heteroatoms. The molecule has 0 N–H and O–H groups in total. The Morgan fingerprint density at radius 3 is 2.03 bits per heavy atom. The summed E-state index contributed by atoms with van der Waals surface area (Å²) in [5.74, 6) is 0.378. The van der Waals surface area contributed by atoms with Gasteiger partial charge in [-0.3, -0.25) is 0 Å². The maximum atomic E-state index is 13.0. The molecule has 2 aromatic carbocycles. The Morgan fingerprint density at radius 1 is 0.938 bits per heavy atom. The van der Waals surface area contributed by atoms with Gasteiger partial charge in [0.1, 0.15) is 11.5 Å². The smallest absolute Gasteiger partial charge is 0.497 e. The molecule has 0 spiro atoms. The van der Waals surface area contributed by atoms with Crippen LogP contribution in [-0.2, 0) is 14.3 Å². The summed E-state index contributed by atoms with van der Waals surface area (Å²) >= 11 is 0. The number of hydrogen-bond acceptors (Lipinski definition) is 5. The number of allylic oxidation sites excluding steroid dienone is 2. The Balaban J connectivity index is 2.74. The number of methoxy groups -OCH3 is 1. The van der Waals surface area contributed by atoms with Gasteiger partial charge in [0.05, 0.1) is 18.5 Å². The Kier molecular flexibility index (Phi) is 8.89. The number of alkyl halides is 3. The monoisotopic (exact) mass is 469 g/mol. The summed E-state index contributed by atoms with van der Waals surface area (Å²) in [4.78, 5) is 4.67. The summed E-state index contributed by atoms with van der Waals surface area (Å²) in [5.41, 5.74) is -3.67. The molecule has 0 radical (unpaired) electrons. The zero-order valence-corrected chi connectivity index (χ0v) is 19.0. The van der Waals surface area contributed by atoms with Crippen LogP contribution in [0.4, 0.5) is 18.9 Å². The highest BCUT2D eigenvalue weighted by atomic mass is 32.2. The fraction of sp³-hybridized carbons (Fsp3) is 0.348. The van der Waals surface area contributed by atoms with E-state index in [2.05, 4.69) is 9.18 Å². The van der Waals surface area contributed by atoms with Crippen molar-refractivity contribution >= 4 is 21.5 Å². The van der Waals surface area contributed by atoms with Crippen molar-refractivity contribution < 1.29 is 30.5 Å². The molecule has 0 fully saturated rings. The molecule has 0 heterocycles. The molecular weight excluding hydrogens is 443 g/mol. The van der Waals surface area contributed by atoms with Crippen molar-refractivity contribution in [1.82, 2.24) is 0 Å². The maximum Gasteiger partial charge on any atom is 0.534 e. The summed E-state index contributed by atoms with van der Waals surface area (Å²) in [6.07, 6.45) is 1.23. The zero-order valence-electron chi connectivity index (χ0n) is 18.1. The van der Waals surface area contributed by atoms with Crippen LogP contribution in [0, 0.1) is 0 Å². The average Bonchev–Trinajstić information content (AvgIpc) is 2.76. The summed E-state index contributed by atoms with van der Waals surface area (Å²) in [6.45, 7) is 3.58. The third-order valence-corrected chi connectivity index (χ3v) is 5.44. The molecule has 0 saturated heterocycles. The summed E-state index contributed by atoms with van der Waals surface area (Å²) in [5, 5.41) is 0. The van der Waals surface area contributed by atoms with Crippen LogP contribution in [0.3, 0.4) is 0 Å². The van der Waals surface area contributed by atoms with E-state index in [9.17, 15) is 21.6 Å². The normalized spacial score (nSPS) is 13.5. The molecule has 0 aromatic heterocycles. The molecule has 32 heavy (non-hydrogen) atoms. The molecule has 0 unspecified atom stereocenters. The standard InChI is InChI=1S/C23H26F3NO4S/c1-4-9-20(21(10-5-2)31-32(28,29)23(24,25)26)22(17-11-7-6-8-12-17)27-18-13-15-19(30-3)16-14-18/h6-8,11-16H,4-5,9-10H2,1-3H3/b21-20+,27-22?. The number of nitrogens with zero attached hydrogens (tertiary/aromatic N) is 1. The van der Waals surface area contributed by atoms with E-state index >= 15 is 0 Å². The van der Waals surface area contributed by atoms with E-state index in [1.54, 1.807) is 61.5 Å². The van der Waals surface area contributed by atoms with Crippen LogP contribution in [-0.4, -0.2) is 26.7 Å². The highest BCUT2D eigenvalue weighted by Crippen LogP contribution is 2.32. The van der Waals surface area contributed by atoms with Gasteiger partial charge in [-0.15, -0.1) is 0 Å². The first-order valence-electron chi connectivity index (χ1n) is 10.1. The maximum absolute atomic E-state index is 13.0. The minimum Gasteiger partial charge on any atom is -0.497 e. The van der Waals surface area contributed by atoms with Crippen LogP contribution in [0.1, 0.15) is 45.1 Å². The molecule has 0 bridgehead atoms. The lowest BCUT2D eigenvalue weighted by atomic mass is 9.96. The molecule has 0 saturated carbocycles. The molecule has 5 nitrogen and oxygen atoms in total. The summed E-state index contributed by atoms with van der Waals surface area (Å²) < 4.78 is 72.6. The number of aliphatic imine (C=N–C) groups is 1. The van der Waals surface area contributed by atoms with Crippen molar-refractivity contribution in [3.8, 4) is 5.75 Å². The van der Waals surface area contributed by atoms with Gasteiger partial charge in [0.2, 0.25) is 0 Å². The van der Waals surface area contributed by atoms with Crippen LogP contribution in [0.2, 0.25) is 0 Å². The molecule has 2 aromatic rings. The number of ether oxygens (including phenoxy) is 1. The third kappa shape index (κ3) is 6.59. The lowest BCUT2D eigenvalue weighted by Gasteiger charge is -2.19. The van der Waals surface area contributed by atoms with Gasteiger partial charge in [0, 0.05) is 17.6 Å². The molecular formula is C23H26F3NO4S. The van der Waals surface area contributed by atoms with Crippen LogP contribution in [0.5, 0.6) is 5.75 Å². The summed E-state index contributed by atoms with van der Waals surface area (Å²) in [6, 6.07) is 15.7. The molecule has 0 amide bonds. The van der Waals surface area contributed by atoms with Crippen molar-refractivity contribution in [1.29, 1.82) is 0 Å². The predicted molar refractivity (Wildman–Crippen MR) is 119 cm³/mol. The fourth-order valence-corrected chi connectivity index (χ4v) is 3.52. The molecule has 0 aliphatic heterocycles. The van der Waals surface area contributed by atoms with Gasteiger partial charge in [-0.25, -0.2) is 4.99 Å². The van der Waals surface area contributed by atoms with Crippen LogP contribution < -0.4 is 4.74 Å². The van der Waals surface area contributed by atoms with Crippen molar-refractivity contribution in [3.63, 3.8) is 0 Å². The van der Waals surface area contributed by atoms with Gasteiger partial charge in [0.25, 0.3) is 0 Å². The molecule has 0 aliphatic rings. The van der Waals surface area contributed by atoms with Gasteiger partial charge in [-0.2, -0.15) is 21.6 Å². The van der Waals surface area contributed by atoms with E-state index in [0.29, 0.717) is 41.1 Å². The summed E-state index contributed by atoms with van der Waals surface area (Å²) in [7, 11) is -4.28. The van der Waals surface area contributed by atoms with Gasteiger partial charge < -0.3 is 8.92 Å². The minimum atomic E-state index is -5.81. The number of hydrogen-bond donors (Lipinski definition) is 0. The average molecular weight is 470 g/mol. The van der Waals surface area contributed by atoms with Crippen LogP contribution >= 0.6 is 0 Å². The third-order valence-electron chi connectivity index (χ3n) is 4.45. The van der Waals surface area contributed by atoms with Crippen molar-refractivity contribution in [2.24, 2.45) is 4.99 Å². The Labute approximate surface area is 186 Å². The van der Waals surface area contributed by atoms with Gasteiger partial charge in [-0.1, -0.05) is 50.6 Å². The quantitative estimate of drug-likeness (QED) is 0.172. The zero-order chi connectivity index (χ0) is 23.8. The van der Waals surface area contributed by atoms with Crippen molar-refractivity contribution in [3.05, 3.63) is 71.5 Å². The second-order valence-corrected chi connectivity index (χ2v) is 8.45. The van der Waals surface area contributed by atoms with Gasteiger partial charge >= 0.3 is 15.6 Å². The van der Waals surface area contributed by atoms with Crippen molar-refractivity contribution in [2.45, 2.75) is 45.0 Å². The van der Waals surface area contributed by atoms with E-state index in [1.165, 1.54) is 7.11 Å². The highest BCUT2D eigenvalue weighted by Gasteiger charge is 2.49. The molecule has 0 aliphatic carbocycles. The largest absolute Gasteiger partial charge is 0.534 e. The SMILES string of the molecule is CCC/C(OS(=O)(=O)C(F)(F)F)=C(/CCC)C(=Nc1ccc(OC)cc1)c1ccccc1. The van der Waals surface area contributed by atoms with Crippen LogP contribution in [0.25, 0.3) is 0 Å². The van der Waals surface area contributed by atoms with Crippen LogP contribution in [0.15, 0.2) is 70.9 Å². The Hall–Kier alpha value is -2.81. The van der Waals surface area contributed by atoms with Crippen molar-refractivity contribution in [2.75, 3.05) is 7.11 Å². The van der Waals surface area contributed by atoms with E-state index in [1.807, 2.05) is 6.92 Å². The van der Waals surface area contributed by atoms with E-state index < -0.39 is 15.6 Å². The fourth-order valence-electron chi connectivity index (χ4n) is 2.98. The minimum absolute atomic E-state index is 0.0130. The Morgan fingerprint density at radius 2 is 1.53 bits per heavy atom. The lowest BCUT2D eigenvalue weighted by Crippen LogP contribution is -2.26. The van der Waals surface area contributed by atoms with E-state index in [-0.39, 0.29) is 18.6 Å². The molecule has 2 rings (SSSR count). The number of halogens is 3. The first-order chi connectivity index (χ1) is 15.1. The second-order valence-electron chi connectivity index (χ2n) is 6.91. The van der Waals surface area contributed by atoms with Gasteiger partial charge in [0.15, 0.2) is 0 Å². The van der Waals surface area contributed by atoms with E-state index in [0.717, 1.165) is 0 Å². The first-order valence-corrected chi connectivity index (χ1v) is 11.5. The molecule has 0 atom stereocenters. The second kappa shape index (κ2) is 11.2. The lowest BCUT2D eigenvalue weighted by molar-refractivity contribution is -0.0524. The predicted octanol–water partition coefficient (Wildman–Crippen LogP) is 6.54. The Bertz CT molecular complexity index is 1040. The first kappa shape index (κ1) is 25.5. The van der Waals surface area contributed by atoms with Gasteiger partial charge in [-0.05, 0) is 37.1 Å². The topological polar surface area (TPSA) is 65.0 Å². The van der Waals surface area contributed by atoms with E-state index in [4.69, 9.17) is 4.74 Å². The molecule has 174 valence electrons. The highest BCUT2D eigenvalue weighted by molar-refractivity contribution is 7.87. The number of rotatable bonds is 10. The number of benzene rings is 2.